The Balaban J connectivity index is 0.00000264. The summed E-state index contributed by atoms with van der Waals surface area (Å²) in [6.45, 7) is 2.35. The minimum absolute atomic E-state index is 0. The molecule has 0 radical (unpaired) electrons. The molecule has 0 spiro atoms. The molecule has 1 aromatic rings. The van der Waals surface area contributed by atoms with E-state index in [9.17, 15) is 18.0 Å². The number of amides is 1. The fourth-order valence-electron chi connectivity index (χ4n) is 2.46. The SMILES string of the molecule is Cl.O=C(CCC1CCNCC1)NCCc1nc(C(F)(F)F)cs1. The van der Waals surface area contributed by atoms with Gasteiger partial charge >= 0.3 is 6.18 Å². The summed E-state index contributed by atoms with van der Waals surface area (Å²) < 4.78 is 37.2. The van der Waals surface area contributed by atoms with Gasteiger partial charge in [-0.2, -0.15) is 13.2 Å². The first kappa shape index (κ1) is 20.2. The Hall–Kier alpha value is -0.860. The standard InChI is InChI=1S/C14H20F3N3OS.ClH/c15-14(16,17)11-9-22-13(20-11)5-8-19-12(21)2-1-10-3-6-18-7-4-10;/h9-10,18H,1-8H2,(H,19,21);1H. The van der Waals surface area contributed by atoms with E-state index in [1.54, 1.807) is 0 Å². The van der Waals surface area contributed by atoms with E-state index in [-0.39, 0.29) is 18.3 Å². The first-order chi connectivity index (χ1) is 10.4. The molecule has 1 aliphatic heterocycles. The third kappa shape index (κ3) is 7.05. The highest BCUT2D eigenvalue weighted by molar-refractivity contribution is 7.09. The fourth-order valence-corrected chi connectivity index (χ4v) is 3.26. The molecule has 132 valence electrons. The average Bonchev–Trinajstić information content (AvgIpc) is 2.95. The van der Waals surface area contributed by atoms with Crippen LogP contribution in [0.1, 0.15) is 36.4 Å². The van der Waals surface area contributed by atoms with Crippen molar-refractivity contribution in [3.8, 4) is 0 Å². The van der Waals surface area contributed by atoms with Crippen molar-refractivity contribution in [2.24, 2.45) is 5.92 Å². The van der Waals surface area contributed by atoms with Crippen LogP contribution in [0.3, 0.4) is 0 Å². The number of hydrogen-bond donors (Lipinski definition) is 2. The van der Waals surface area contributed by atoms with Crippen LogP contribution in [0, 0.1) is 5.92 Å². The van der Waals surface area contributed by atoms with E-state index < -0.39 is 11.9 Å². The number of nitrogens with one attached hydrogen (secondary N) is 2. The zero-order valence-corrected chi connectivity index (χ0v) is 14.3. The maximum Gasteiger partial charge on any atom is 0.434 e. The molecule has 2 heterocycles. The van der Waals surface area contributed by atoms with Gasteiger partial charge in [-0.1, -0.05) is 0 Å². The normalized spacial score (nSPS) is 16.0. The van der Waals surface area contributed by atoms with E-state index in [1.165, 1.54) is 0 Å². The second kappa shape index (κ2) is 9.44. The summed E-state index contributed by atoms with van der Waals surface area (Å²) in [7, 11) is 0. The maximum absolute atomic E-state index is 12.4. The van der Waals surface area contributed by atoms with Gasteiger partial charge in [-0.3, -0.25) is 4.79 Å². The number of rotatable bonds is 6. The Morgan fingerprint density at radius 2 is 2.09 bits per heavy atom. The Morgan fingerprint density at radius 1 is 1.39 bits per heavy atom. The highest BCUT2D eigenvalue weighted by Crippen LogP contribution is 2.30. The highest BCUT2D eigenvalue weighted by atomic mass is 35.5. The lowest BCUT2D eigenvalue weighted by molar-refractivity contribution is -0.140. The van der Waals surface area contributed by atoms with E-state index in [0.29, 0.717) is 30.3 Å². The summed E-state index contributed by atoms with van der Waals surface area (Å²) >= 11 is 0.975. The van der Waals surface area contributed by atoms with Gasteiger partial charge in [0.25, 0.3) is 0 Å². The van der Waals surface area contributed by atoms with E-state index in [4.69, 9.17) is 0 Å². The van der Waals surface area contributed by atoms with Crippen molar-refractivity contribution in [1.29, 1.82) is 0 Å². The molecule has 1 fully saturated rings. The van der Waals surface area contributed by atoms with Crippen LogP contribution in [0.4, 0.5) is 13.2 Å². The first-order valence-corrected chi connectivity index (χ1v) is 8.32. The largest absolute Gasteiger partial charge is 0.434 e. The lowest BCUT2D eigenvalue weighted by Gasteiger charge is -2.22. The van der Waals surface area contributed by atoms with Crippen LogP contribution < -0.4 is 10.6 Å². The molecule has 23 heavy (non-hydrogen) atoms. The molecule has 2 rings (SSSR count). The van der Waals surface area contributed by atoms with E-state index in [0.717, 1.165) is 49.1 Å². The highest BCUT2D eigenvalue weighted by Gasteiger charge is 2.33. The van der Waals surface area contributed by atoms with E-state index >= 15 is 0 Å². The van der Waals surface area contributed by atoms with Crippen molar-refractivity contribution < 1.29 is 18.0 Å². The monoisotopic (exact) mass is 371 g/mol. The summed E-state index contributed by atoms with van der Waals surface area (Å²) in [5.41, 5.74) is -0.857. The number of halogens is 4. The third-order valence-electron chi connectivity index (χ3n) is 3.74. The van der Waals surface area contributed by atoms with Crippen molar-refractivity contribution in [1.82, 2.24) is 15.6 Å². The number of carbonyl (C=O) groups is 1. The molecular weight excluding hydrogens is 351 g/mol. The number of nitrogens with zero attached hydrogens (tertiary/aromatic N) is 1. The Labute approximate surface area is 143 Å². The van der Waals surface area contributed by atoms with Crippen LogP contribution in [-0.2, 0) is 17.4 Å². The van der Waals surface area contributed by atoms with Crippen molar-refractivity contribution in [3.63, 3.8) is 0 Å². The van der Waals surface area contributed by atoms with Crippen LogP contribution in [0.5, 0.6) is 0 Å². The second-order valence-electron chi connectivity index (χ2n) is 5.46. The smallest absolute Gasteiger partial charge is 0.356 e. The predicted octanol–water partition coefficient (Wildman–Crippen LogP) is 3.02. The predicted molar refractivity (Wildman–Crippen MR) is 85.9 cm³/mol. The molecule has 0 unspecified atom stereocenters. The molecule has 9 heteroatoms. The Kier molecular flexibility index (Phi) is 8.28. The molecule has 0 aliphatic carbocycles. The topological polar surface area (TPSA) is 54.0 Å². The summed E-state index contributed by atoms with van der Waals surface area (Å²) in [4.78, 5) is 15.2. The Bertz CT molecular complexity index is 490. The molecule has 4 nitrogen and oxygen atoms in total. The number of aromatic nitrogens is 1. The van der Waals surface area contributed by atoms with Gasteiger partial charge < -0.3 is 10.6 Å². The quantitative estimate of drug-likeness (QED) is 0.808. The van der Waals surface area contributed by atoms with Crippen molar-refractivity contribution in [2.75, 3.05) is 19.6 Å². The average molecular weight is 372 g/mol. The van der Waals surface area contributed by atoms with Gasteiger partial charge in [0.15, 0.2) is 5.69 Å². The van der Waals surface area contributed by atoms with Crippen LogP contribution >= 0.6 is 23.7 Å². The maximum atomic E-state index is 12.4. The lowest BCUT2D eigenvalue weighted by Crippen LogP contribution is -2.30. The lowest BCUT2D eigenvalue weighted by atomic mass is 9.93. The van der Waals surface area contributed by atoms with Crippen molar-refractivity contribution >= 4 is 29.7 Å². The molecule has 0 aromatic carbocycles. The van der Waals surface area contributed by atoms with Crippen LogP contribution in [0.2, 0.25) is 0 Å². The Morgan fingerprint density at radius 3 is 2.70 bits per heavy atom. The zero-order chi connectivity index (χ0) is 16.0. The third-order valence-corrected chi connectivity index (χ3v) is 4.65. The van der Waals surface area contributed by atoms with Gasteiger partial charge in [-0.25, -0.2) is 4.98 Å². The number of carbonyl (C=O) groups excluding carboxylic acids is 1. The molecular formula is C14H21ClF3N3OS. The summed E-state index contributed by atoms with van der Waals surface area (Å²) in [5, 5.41) is 7.43. The van der Waals surface area contributed by atoms with Crippen molar-refractivity contribution in [3.05, 3.63) is 16.1 Å². The number of thiazole rings is 1. The summed E-state index contributed by atoms with van der Waals surface area (Å²) in [6.07, 6.45) is -0.495. The molecule has 0 atom stereocenters. The summed E-state index contributed by atoms with van der Waals surface area (Å²) in [6, 6.07) is 0. The van der Waals surface area contributed by atoms with E-state index in [2.05, 4.69) is 15.6 Å². The van der Waals surface area contributed by atoms with Crippen LogP contribution in [-0.4, -0.2) is 30.5 Å². The molecule has 1 aliphatic rings. The van der Waals surface area contributed by atoms with Gasteiger partial charge in [-0.15, -0.1) is 23.7 Å². The second-order valence-corrected chi connectivity index (χ2v) is 6.40. The minimum Gasteiger partial charge on any atom is -0.356 e. The number of alkyl halides is 3. The van der Waals surface area contributed by atoms with Gasteiger partial charge in [0.05, 0.1) is 5.01 Å². The molecule has 1 aromatic heterocycles. The van der Waals surface area contributed by atoms with Crippen LogP contribution in [0.25, 0.3) is 0 Å². The fraction of sp³-hybridized carbons (Fsp3) is 0.714. The van der Waals surface area contributed by atoms with Gasteiger partial charge in [0, 0.05) is 24.8 Å². The molecule has 1 saturated heterocycles. The summed E-state index contributed by atoms with van der Waals surface area (Å²) in [5.74, 6) is 0.562. The number of hydrogen-bond acceptors (Lipinski definition) is 4. The van der Waals surface area contributed by atoms with Gasteiger partial charge in [0.2, 0.25) is 5.91 Å². The van der Waals surface area contributed by atoms with Crippen molar-refractivity contribution in [2.45, 2.75) is 38.3 Å². The number of piperidine rings is 1. The molecule has 2 N–H and O–H groups in total. The van der Waals surface area contributed by atoms with E-state index in [1.807, 2.05) is 0 Å². The van der Waals surface area contributed by atoms with Gasteiger partial charge in [-0.05, 0) is 38.3 Å². The molecule has 1 amide bonds. The molecule has 0 saturated carbocycles. The first-order valence-electron chi connectivity index (χ1n) is 7.44. The van der Waals surface area contributed by atoms with Gasteiger partial charge in [0.1, 0.15) is 0 Å². The minimum atomic E-state index is -4.40. The zero-order valence-electron chi connectivity index (χ0n) is 12.6. The molecule has 0 bridgehead atoms. The van der Waals surface area contributed by atoms with Crippen LogP contribution in [0.15, 0.2) is 5.38 Å².